The number of hydrogen-bond acceptors (Lipinski definition) is 3. The Kier molecular flexibility index (Phi) is 4.46. The first kappa shape index (κ1) is 15.9. The molecule has 0 aliphatic carbocycles. The van der Waals surface area contributed by atoms with Crippen LogP contribution in [0.4, 0.5) is 0 Å². The first-order chi connectivity index (χ1) is 11.7. The Morgan fingerprint density at radius 2 is 2.29 bits per heavy atom. The SMILES string of the molecule is CN(CCCC1CCCNC1)[C@@H]1Cc2cccc3[nH]c(=O)n(c23)C1. The van der Waals surface area contributed by atoms with Crippen LogP contribution in [-0.2, 0) is 13.0 Å². The van der Waals surface area contributed by atoms with Gasteiger partial charge in [0, 0.05) is 12.6 Å². The molecule has 2 aliphatic rings. The standard InChI is InChI=1S/C19H28N4O/c1-22(10-4-6-14-5-3-9-20-12-14)16-11-15-7-2-8-17-18(15)23(13-16)19(24)21-17/h2,7-8,14,16,20H,3-6,9-13H2,1H3,(H,21,24)/t14?,16-/m1/s1. The van der Waals surface area contributed by atoms with Gasteiger partial charge in [-0.1, -0.05) is 12.1 Å². The maximum Gasteiger partial charge on any atom is 0.326 e. The summed E-state index contributed by atoms with van der Waals surface area (Å²) >= 11 is 0. The second-order valence-electron chi connectivity index (χ2n) is 7.55. The Labute approximate surface area is 143 Å². The Morgan fingerprint density at radius 3 is 3.12 bits per heavy atom. The molecule has 130 valence electrons. The third-order valence-corrected chi connectivity index (χ3v) is 5.87. The van der Waals surface area contributed by atoms with Gasteiger partial charge in [-0.2, -0.15) is 0 Å². The topological polar surface area (TPSA) is 53.1 Å². The van der Waals surface area contributed by atoms with Gasteiger partial charge in [-0.05, 0) is 76.3 Å². The van der Waals surface area contributed by atoms with Crippen LogP contribution in [0, 0.1) is 5.92 Å². The fraction of sp³-hybridized carbons (Fsp3) is 0.632. The van der Waals surface area contributed by atoms with Crippen molar-refractivity contribution in [3.8, 4) is 0 Å². The number of rotatable bonds is 5. The first-order valence-electron chi connectivity index (χ1n) is 9.34. The van der Waals surface area contributed by atoms with Gasteiger partial charge in [-0.3, -0.25) is 4.57 Å². The molecular formula is C19H28N4O. The number of piperidine rings is 1. The third-order valence-electron chi connectivity index (χ3n) is 5.87. The molecule has 2 aliphatic heterocycles. The summed E-state index contributed by atoms with van der Waals surface area (Å²) in [5.41, 5.74) is 3.41. The smallest absolute Gasteiger partial charge is 0.316 e. The molecule has 2 N–H and O–H groups in total. The zero-order valence-electron chi connectivity index (χ0n) is 14.6. The highest BCUT2D eigenvalue weighted by Crippen LogP contribution is 2.25. The molecule has 1 unspecified atom stereocenters. The van der Waals surface area contributed by atoms with Gasteiger partial charge in [0.05, 0.1) is 11.0 Å². The molecular weight excluding hydrogens is 300 g/mol. The van der Waals surface area contributed by atoms with E-state index in [0.29, 0.717) is 6.04 Å². The second kappa shape index (κ2) is 6.73. The molecule has 5 heteroatoms. The van der Waals surface area contributed by atoms with Crippen LogP contribution in [0.25, 0.3) is 11.0 Å². The van der Waals surface area contributed by atoms with Crippen molar-refractivity contribution in [1.82, 2.24) is 19.8 Å². The highest BCUT2D eigenvalue weighted by Gasteiger charge is 2.25. The van der Waals surface area contributed by atoms with E-state index in [4.69, 9.17) is 0 Å². The van der Waals surface area contributed by atoms with Gasteiger partial charge < -0.3 is 15.2 Å². The molecule has 5 nitrogen and oxygen atoms in total. The van der Waals surface area contributed by atoms with E-state index in [9.17, 15) is 4.79 Å². The van der Waals surface area contributed by atoms with Gasteiger partial charge in [0.15, 0.2) is 0 Å². The summed E-state index contributed by atoms with van der Waals surface area (Å²) in [6.07, 6.45) is 6.31. The van der Waals surface area contributed by atoms with Crippen molar-refractivity contribution in [3.63, 3.8) is 0 Å². The summed E-state index contributed by atoms with van der Waals surface area (Å²) < 4.78 is 1.93. The van der Waals surface area contributed by atoms with Crippen LogP contribution >= 0.6 is 0 Å². The normalized spacial score (nSPS) is 23.9. The molecule has 0 spiro atoms. The largest absolute Gasteiger partial charge is 0.326 e. The average Bonchev–Trinajstić information content (AvgIpc) is 2.93. The van der Waals surface area contributed by atoms with Crippen molar-refractivity contribution in [1.29, 1.82) is 0 Å². The van der Waals surface area contributed by atoms with E-state index >= 15 is 0 Å². The van der Waals surface area contributed by atoms with E-state index in [-0.39, 0.29) is 5.69 Å². The Balaban J connectivity index is 1.38. The number of aromatic nitrogens is 2. The lowest BCUT2D eigenvalue weighted by atomic mass is 9.94. The van der Waals surface area contributed by atoms with E-state index in [2.05, 4.69) is 34.4 Å². The molecule has 4 rings (SSSR count). The third kappa shape index (κ3) is 3.03. The number of H-pyrrole nitrogens is 1. The molecule has 0 radical (unpaired) electrons. The van der Waals surface area contributed by atoms with Crippen molar-refractivity contribution >= 4 is 11.0 Å². The predicted octanol–water partition coefficient (Wildman–Crippen LogP) is 1.97. The number of aromatic amines is 1. The zero-order chi connectivity index (χ0) is 16.5. The average molecular weight is 328 g/mol. The fourth-order valence-electron chi connectivity index (χ4n) is 4.44. The molecule has 0 saturated carbocycles. The summed E-state index contributed by atoms with van der Waals surface area (Å²) in [5.74, 6) is 0.853. The van der Waals surface area contributed by atoms with Gasteiger partial charge in [0.25, 0.3) is 0 Å². The van der Waals surface area contributed by atoms with Crippen LogP contribution in [0.2, 0.25) is 0 Å². The molecule has 1 saturated heterocycles. The summed E-state index contributed by atoms with van der Waals surface area (Å²) in [4.78, 5) is 17.7. The predicted molar refractivity (Wildman–Crippen MR) is 97.5 cm³/mol. The molecule has 2 aromatic rings. The first-order valence-corrected chi connectivity index (χ1v) is 9.34. The van der Waals surface area contributed by atoms with Gasteiger partial charge in [0.2, 0.25) is 0 Å². The van der Waals surface area contributed by atoms with Crippen LogP contribution in [0.15, 0.2) is 23.0 Å². The van der Waals surface area contributed by atoms with E-state index < -0.39 is 0 Å². The Bertz CT molecular complexity index is 756. The molecule has 2 atom stereocenters. The van der Waals surface area contributed by atoms with Crippen molar-refractivity contribution in [2.75, 3.05) is 26.7 Å². The van der Waals surface area contributed by atoms with E-state index in [1.807, 2.05) is 10.6 Å². The number of nitrogens with one attached hydrogen (secondary N) is 2. The second-order valence-corrected chi connectivity index (χ2v) is 7.55. The number of hydrogen-bond donors (Lipinski definition) is 2. The zero-order valence-corrected chi connectivity index (χ0v) is 14.6. The molecule has 1 aromatic carbocycles. The number of likely N-dealkylation sites (N-methyl/N-ethyl adjacent to an activating group) is 1. The highest BCUT2D eigenvalue weighted by molar-refractivity contribution is 5.79. The lowest BCUT2D eigenvalue weighted by molar-refractivity contribution is 0.202. The van der Waals surface area contributed by atoms with Crippen LogP contribution in [0.1, 0.15) is 31.2 Å². The van der Waals surface area contributed by atoms with Crippen LogP contribution in [0.3, 0.4) is 0 Å². The van der Waals surface area contributed by atoms with Crippen molar-refractivity contribution < 1.29 is 0 Å². The van der Waals surface area contributed by atoms with E-state index in [1.54, 1.807) is 0 Å². The summed E-state index contributed by atoms with van der Waals surface area (Å²) in [5, 5.41) is 3.51. The maximum absolute atomic E-state index is 12.2. The number of imidazole rings is 1. The summed E-state index contributed by atoms with van der Waals surface area (Å²) in [6.45, 7) is 4.30. The number of para-hydroxylation sites is 1. The molecule has 3 heterocycles. The maximum atomic E-state index is 12.2. The minimum absolute atomic E-state index is 0.0313. The van der Waals surface area contributed by atoms with Crippen LogP contribution < -0.4 is 11.0 Å². The van der Waals surface area contributed by atoms with Crippen molar-refractivity contribution in [2.45, 2.75) is 44.7 Å². The summed E-state index contributed by atoms with van der Waals surface area (Å²) in [7, 11) is 2.21. The lowest BCUT2D eigenvalue weighted by Gasteiger charge is -2.32. The Morgan fingerprint density at radius 1 is 1.38 bits per heavy atom. The molecule has 0 bridgehead atoms. The van der Waals surface area contributed by atoms with Gasteiger partial charge in [-0.25, -0.2) is 4.79 Å². The number of benzene rings is 1. The Hall–Kier alpha value is -1.59. The molecule has 1 aromatic heterocycles. The van der Waals surface area contributed by atoms with E-state index in [0.717, 1.165) is 36.5 Å². The molecule has 0 amide bonds. The minimum atomic E-state index is 0.0313. The highest BCUT2D eigenvalue weighted by atomic mass is 16.1. The monoisotopic (exact) mass is 328 g/mol. The molecule has 24 heavy (non-hydrogen) atoms. The van der Waals surface area contributed by atoms with Crippen molar-refractivity contribution in [2.24, 2.45) is 5.92 Å². The molecule has 1 fully saturated rings. The number of nitrogens with zero attached hydrogens (tertiary/aromatic N) is 2. The van der Waals surface area contributed by atoms with Crippen LogP contribution in [0.5, 0.6) is 0 Å². The van der Waals surface area contributed by atoms with Gasteiger partial charge >= 0.3 is 5.69 Å². The van der Waals surface area contributed by atoms with Gasteiger partial charge in [0.1, 0.15) is 0 Å². The fourth-order valence-corrected chi connectivity index (χ4v) is 4.44. The quantitative estimate of drug-likeness (QED) is 0.882. The minimum Gasteiger partial charge on any atom is -0.316 e. The van der Waals surface area contributed by atoms with Crippen molar-refractivity contribution in [3.05, 3.63) is 34.2 Å². The van der Waals surface area contributed by atoms with Crippen LogP contribution in [-0.4, -0.2) is 47.2 Å². The lowest BCUT2D eigenvalue weighted by Crippen LogP contribution is -2.42. The summed E-state index contributed by atoms with van der Waals surface area (Å²) in [6, 6.07) is 6.64. The van der Waals surface area contributed by atoms with Gasteiger partial charge in [-0.15, -0.1) is 0 Å². The van der Waals surface area contributed by atoms with E-state index in [1.165, 1.54) is 44.3 Å².